The summed E-state index contributed by atoms with van der Waals surface area (Å²) < 4.78 is 37.1. The van der Waals surface area contributed by atoms with Gasteiger partial charge in [-0.2, -0.15) is 13.2 Å². The average molecular weight is 301 g/mol. The first-order valence-corrected chi connectivity index (χ1v) is 6.39. The number of nitrogens with two attached hydrogens (primary N) is 1. The SMILES string of the molecule is Nc1nc(CC(=O)Nc2ccc(C(F)(F)F)cc2)cs1. The number of benzene rings is 1. The van der Waals surface area contributed by atoms with Crippen molar-refractivity contribution >= 4 is 28.1 Å². The van der Waals surface area contributed by atoms with E-state index in [-0.39, 0.29) is 12.3 Å². The summed E-state index contributed by atoms with van der Waals surface area (Å²) >= 11 is 1.22. The maximum atomic E-state index is 12.4. The van der Waals surface area contributed by atoms with Crippen molar-refractivity contribution < 1.29 is 18.0 Å². The van der Waals surface area contributed by atoms with Crippen molar-refractivity contribution in [1.29, 1.82) is 0 Å². The van der Waals surface area contributed by atoms with Gasteiger partial charge in [0.05, 0.1) is 17.7 Å². The number of hydrogen-bond donors (Lipinski definition) is 2. The number of nitrogen functional groups attached to an aromatic ring is 1. The topological polar surface area (TPSA) is 68.0 Å². The van der Waals surface area contributed by atoms with Crippen molar-refractivity contribution in [3.8, 4) is 0 Å². The van der Waals surface area contributed by atoms with Gasteiger partial charge in [-0.15, -0.1) is 11.3 Å². The molecule has 0 atom stereocenters. The smallest absolute Gasteiger partial charge is 0.375 e. The van der Waals surface area contributed by atoms with Crippen LogP contribution < -0.4 is 11.1 Å². The summed E-state index contributed by atoms with van der Waals surface area (Å²) in [6.45, 7) is 0. The fourth-order valence-corrected chi connectivity index (χ4v) is 2.08. The van der Waals surface area contributed by atoms with Gasteiger partial charge >= 0.3 is 6.18 Å². The lowest BCUT2D eigenvalue weighted by Gasteiger charge is -2.08. The lowest BCUT2D eigenvalue weighted by molar-refractivity contribution is -0.137. The number of rotatable bonds is 3. The number of nitrogens with one attached hydrogen (secondary N) is 1. The lowest BCUT2D eigenvalue weighted by Crippen LogP contribution is -2.15. The first kappa shape index (κ1) is 14.3. The minimum atomic E-state index is -4.39. The van der Waals surface area contributed by atoms with Gasteiger partial charge in [-0.1, -0.05) is 0 Å². The Morgan fingerprint density at radius 3 is 2.45 bits per heavy atom. The third-order valence-corrected chi connectivity index (χ3v) is 3.13. The van der Waals surface area contributed by atoms with Crippen molar-refractivity contribution in [1.82, 2.24) is 4.98 Å². The second-order valence-corrected chi connectivity index (χ2v) is 4.87. The zero-order chi connectivity index (χ0) is 14.8. The highest BCUT2D eigenvalue weighted by atomic mass is 32.1. The molecular formula is C12H10F3N3OS. The maximum absolute atomic E-state index is 12.4. The number of aromatic nitrogens is 1. The number of anilines is 2. The summed E-state index contributed by atoms with van der Waals surface area (Å²) in [6.07, 6.45) is -4.37. The van der Waals surface area contributed by atoms with Crippen molar-refractivity contribution in [2.75, 3.05) is 11.1 Å². The summed E-state index contributed by atoms with van der Waals surface area (Å²) in [4.78, 5) is 15.6. The van der Waals surface area contributed by atoms with Crippen LogP contribution in [0.25, 0.3) is 0 Å². The molecule has 3 N–H and O–H groups in total. The minimum absolute atomic E-state index is 0.0225. The van der Waals surface area contributed by atoms with Crippen LogP contribution in [0.2, 0.25) is 0 Å². The monoisotopic (exact) mass is 301 g/mol. The molecule has 0 radical (unpaired) electrons. The molecular weight excluding hydrogens is 291 g/mol. The number of thiazole rings is 1. The van der Waals surface area contributed by atoms with Crippen LogP contribution >= 0.6 is 11.3 Å². The van der Waals surface area contributed by atoms with Crippen molar-refractivity contribution in [3.63, 3.8) is 0 Å². The molecule has 1 aromatic carbocycles. The molecule has 0 unspecified atom stereocenters. The second kappa shape index (κ2) is 5.49. The molecule has 20 heavy (non-hydrogen) atoms. The van der Waals surface area contributed by atoms with E-state index in [0.29, 0.717) is 16.5 Å². The molecule has 4 nitrogen and oxygen atoms in total. The third kappa shape index (κ3) is 3.70. The molecule has 1 heterocycles. The minimum Gasteiger partial charge on any atom is -0.375 e. The van der Waals surface area contributed by atoms with E-state index in [2.05, 4.69) is 10.3 Å². The first-order chi connectivity index (χ1) is 9.34. The zero-order valence-corrected chi connectivity index (χ0v) is 10.9. The summed E-state index contributed by atoms with van der Waals surface area (Å²) in [5.41, 5.74) is 5.49. The van der Waals surface area contributed by atoms with Crippen LogP contribution in [0, 0.1) is 0 Å². The van der Waals surface area contributed by atoms with Crippen LogP contribution in [0.4, 0.5) is 24.0 Å². The molecule has 0 fully saturated rings. The largest absolute Gasteiger partial charge is 0.416 e. The van der Waals surface area contributed by atoms with Crippen LogP contribution in [-0.2, 0) is 17.4 Å². The Bertz CT molecular complexity index is 607. The summed E-state index contributed by atoms with van der Waals surface area (Å²) in [6, 6.07) is 4.24. The molecule has 8 heteroatoms. The molecule has 2 aromatic rings. The number of carbonyl (C=O) groups excluding carboxylic acids is 1. The Morgan fingerprint density at radius 2 is 1.95 bits per heavy atom. The predicted octanol–water partition coefficient (Wildman–Crippen LogP) is 2.93. The van der Waals surface area contributed by atoms with E-state index < -0.39 is 11.7 Å². The highest BCUT2D eigenvalue weighted by Crippen LogP contribution is 2.29. The van der Waals surface area contributed by atoms with E-state index in [1.165, 1.54) is 23.5 Å². The third-order valence-electron chi connectivity index (χ3n) is 2.41. The Morgan fingerprint density at radius 1 is 1.30 bits per heavy atom. The number of hydrogen-bond acceptors (Lipinski definition) is 4. The van der Waals surface area contributed by atoms with E-state index >= 15 is 0 Å². The summed E-state index contributed by atoms with van der Waals surface area (Å²) in [5.74, 6) is -0.366. The molecule has 0 bridgehead atoms. The highest BCUT2D eigenvalue weighted by molar-refractivity contribution is 7.13. The van der Waals surface area contributed by atoms with E-state index in [1.54, 1.807) is 5.38 Å². The van der Waals surface area contributed by atoms with Crippen molar-refractivity contribution in [2.45, 2.75) is 12.6 Å². The standard InChI is InChI=1S/C12H10F3N3OS/c13-12(14,15)7-1-3-8(4-2-7)17-10(19)5-9-6-20-11(16)18-9/h1-4,6H,5H2,(H2,16,18)(H,17,19). The van der Waals surface area contributed by atoms with Gasteiger partial charge < -0.3 is 11.1 Å². The van der Waals surface area contributed by atoms with Gasteiger partial charge in [0, 0.05) is 11.1 Å². The first-order valence-electron chi connectivity index (χ1n) is 5.51. The van der Waals surface area contributed by atoms with Gasteiger partial charge in [-0.25, -0.2) is 4.98 Å². The highest BCUT2D eigenvalue weighted by Gasteiger charge is 2.29. The van der Waals surface area contributed by atoms with Gasteiger partial charge in [0.2, 0.25) is 5.91 Å². The lowest BCUT2D eigenvalue weighted by atomic mass is 10.2. The Kier molecular flexibility index (Phi) is 3.93. The average Bonchev–Trinajstić information content (AvgIpc) is 2.74. The van der Waals surface area contributed by atoms with Gasteiger partial charge in [-0.05, 0) is 24.3 Å². The molecule has 1 amide bonds. The number of amides is 1. The number of alkyl halides is 3. The van der Waals surface area contributed by atoms with Crippen LogP contribution in [-0.4, -0.2) is 10.9 Å². The quantitative estimate of drug-likeness (QED) is 0.916. The van der Waals surface area contributed by atoms with Gasteiger partial charge in [0.25, 0.3) is 0 Å². The van der Waals surface area contributed by atoms with E-state index in [0.717, 1.165) is 12.1 Å². The zero-order valence-electron chi connectivity index (χ0n) is 10.1. The second-order valence-electron chi connectivity index (χ2n) is 3.98. The van der Waals surface area contributed by atoms with E-state index in [1.807, 2.05) is 0 Å². The molecule has 2 rings (SSSR count). The van der Waals surface area contributed by atoms with Crippen LogP contribution in [0.1, 0.15) is 11.3 Å². The van der Waals surface area contributed by atoms with Crippen molar-refractivity contribution in [3.05, 3.63) is 40.9 Å². The van der Waals surface area contributed by atoms with Gasteiger partial charge in [0.1, 0.15) is 0 Å². The van der Waals surface area contributed by atoms with E-state index in [4.69, 9.17) is 5.73 Å². The number of nitrogens with zero attached hydrogens (tertiary/aromatic N) is 1. The van der Waals surface area contributed by atoms with Gasteiger partial charge in [0.15, 0.2) is 5.13 Å². The summed E-state index contributed by atoms with van der Waals surface area (Å²) in [5, 5.41) is 4.51. The molecule has 0 spiro atoms. The molecule has 0 aliphatic heterocycles. The van der Waals surface area contributed by atoms with Gasteiger partial charge in [-0.3, -0.25) is 4.79 Å². The van der Waals surface area contributed by atoms with Crippen molar-refractivity contribution in [2.24, 2.45) is 0 Å². The van der Waals surface area contributed by atoms with Crippen LogP contribution in [0.3, 0.4) is 0 Å². The molecule has 0 saturated heterocycles. The predicted molar refractivity (Wildman–Crippen MR) is 70.3 cm³/mol. The van der Waals surface area contributed by atoms with Crippen LogP contribution in [0.15, 0.2) is 29.6 Å². The molecule has 0 aliphatic carbocycles. The Hall–Kier alpha value is -2.09. The molecule has 0 saturated carbocycles. The molecule has 1 aromatic heterocycles. The maximum Gasteiger partial charge on any atom is 0.416 e. The molecule has 0 aliphatic rings. The normalized spacial score (nSPS) is 11.3. The fourth-order valence-electron chi connectivity index (χ4n) is 1.52. The number of carbonyl (C=O) groups is 1. The fraction of sp³-hybridized carbons (Fsp3) is 0.167. The van der Waals surface area contributed by atoms with E-state index in [9.17, 15) is 18.0 Å². The number of halogens is 3. The Balaban J connectivity index is 1.98. The molecule has 106 valence electrons. The Labute approximate surface area is 116 Å². The summed E-state index contributed by atoms with van der Waals surface area (Å²) in [7, 11) is 0. The van der Waals surface area contributed by atoms with Crippen LogP contribution in [0.5, 0.6) is 0 Å².